The van der Waals surface area contributed by atoms with Crippen LogP contribution in [0.1, 0.15) is 53.4 Å². The fourth-order valence-electron chi connectivity index (χ4n) is 5.94. The number of carbonyl (C=O) groups is 1. The van der Waals surface area contributed by atoms with Crippen LogP contribution in [0.15, 0.2) is 81.9 Å². The smallest absolute Gasteiger partial charge is 0.287 e. The largest absolute Gasteiger partial charge is 0.459 e. The molecule has 1 N–H and O–H groups in total. The van der Waals surface area contributed by atoms with Crippen molar-refractivity contribution in [2.75, 3.05) is 19.7 Å². The van der Waals surface area contributed by atoms with E-state index in [0.717, 1.165) is 37.1 Å². The van der Waals surface area contributed by atoms with Crippen LogP contribution in [0.25, 0.3) is 11.4 Å². The number of rotatable bonds is 7. The topological polar surface area (TPSA) is 93.6 Å². The van der Waals surface area contributed by atoms with Gasteiger partial charge in [0.1, 0.15) is 0 Å². The van der Waals surface area contributed by atoms with Gasteiger partial charge in [-0.3, -0.25) is 9.69 Å². The summed E-state index contributed by atoms with van der Waals surface area (Å²) in [5.41, 5.74) is 3.15. The van der Waals surface area contributed by atoms with Crippen molar-refractivity contribution < 1.29 is 18.5 Å². The number of furan rings is 1. The first-order valence-corrected chi connectivity index (χ1v) is 12.8. The Hall–Kier alpha value is -3.75. The fourth-order valence-corrected chi connectivity index (χ4v) is 5.94. The van der Waals surface area contributed by atoms with E-state index in [9.17, 15) is 4.79 Å². The Morgan fingerprint density at radius 3 is 2.62 bits per heavy atom. The number of likely N-dealkylation sites (tertiary alicyclic amines) is 1. The zero-order chi connectivity index (χ0) is 25.2. The number of hydrogen-bond donors (Lipinski definition) is 1. The molecule has 3 heterocycles. The van der Waals surface area contributed by atoms with E-state index in [1.54, 1.807) is 12.1 Å². The minimum Gasteiger partial charge on any atom is -0.459 e. The number of amides is 1. The molecule has 8 nitrogen and oxygen atoms in total. The van der Waals surface area contributed by atoms with E-state index in [-0.39, 0.29) is 23.5 Å². The minimum absolute atomic E-state index is 0.163. The summed E-state index contributed by atoms with van der Waals surface area (Å²) in [6, 6.07) is 21.4. The number of ether oxygens (including phenoxy) is 1. The molecule has 6 rings (SSSR count). The van der Waals surface area contributed by atoms with Crippen molar-refractivity contribution >= 4 is 5.91 Å². The lowest BCUT2D eigenvalue weighted by Crippen LogP contribution is -2.50. The van der Waals surface area contributed by atoms with Crippen molar-refractivity contribution in [2.24, 2.45) is 0 Å². The average Bonchev–Trinajstić information content (AvgIpc) is 3.68. The van der Waals surface area contributed by atoms with Gasteiger partial charge in [0.25, 0.3) is 5.91 Å². The Kier molecular flexibility index (Phi) is 6.36. The summed E-state index contributed by atoms with van der Waals surface area (Å²) in [6.07, 6.45) is 3.16. The third kappa shape index (κ3) is 4.36. The van der Waals surface area contributed by atoms with Gasteiger partial charge in [-0.1, -0.05) is 59.8 Å². The van der Waals surface area contributed by atoms with Crippen LogP contribution in [-0.2, 0) is 16.7 Å². The van der Waals surface area contributed by atoms with Crippen LogP contribution in [0.3, 0.4) is 0 Å². The van der Waals surface area contributed by atoms with Crippen molar-refractivity contribution in [3.8, 4) is 11.4 Å². The molecule has 8 heteroatoms. The molecule has 2 aromatic heterocycles. The van der Waals surface area contributed by atoms with E-state index >= 15 is 0 Å². The van der Waals surface area contributed by atoms with Crippen LogP contribution < -0.4 is 5.32 Å². The molecule has 190 valence electrons. The van der Waals surface area contributed by atoms with Gasteiger partial charge in [-0.2, -0.15) is 4.98 Å². The molecule has 1 amide bonds. The number of piperidine rings is 1. The summed E-state index contributed by atoms with van der Waals surface area (Å²) >= 11 is 0. The molecule has 2 aromatic carbocycles. The summed E-state index contributed by atoms with van der Waals surface area (Å²) < 4.78 is 17.3. The van der Waals surface area contributed by atoms with Crippen molar-refractivity contribution in [3.05, 3.63) is 95.8 Å². The number of carbonyl (C=O) groups excluding carboxylic acids is 1. The normalized spacial score (nSPS) is 20.7. The Labute approximate surface area is 215 Å². The number of fused-ring (bicyclic) bond motifs is 2. The molecule has 0 radical (unpaired) electrons. The first-order valence-electron chi connectivity index (χ1n) is 12.8. The molecule has 0 bridgehead atoms. The first-order chi connectivity index (χ1) is 18.2. The Morgan fingerprint density at radius 2 is 1.86 bits per heavy atom. The molecule has 1 fully saturated rings. The Balaban J connectivity index is 1.21. The molecule has 1 saturated heterocycles. The van der Waals surface area contributed by atoms with Crippen LogP contribution in [0.5, 0.6) is 0 Å². The monoisotopic (exact) mass is 498 g/mol. The van der Waals surface area contributed by atoms with Crippen molar-refractivity contribution in [2.45, 2.75) is 43.9 Å². The highest BCUT2D eigenvalue weighted by Crippen LogP contribution is 2.52. The molecule has 2 aliphatic rings. The summed E-state index contributed by atoms with van der Waals surface area (Å²) in [4.78, 5) is 19.9. The zero-order valence-electron chi connectivity index (χ0n) is 20.8. The predicted molar refractivity (Wildman–Crippen MR) is 137 cm³/mol. The Bertz CT molecular complexity index is 1340. The van der Waals surface area contributed by atoms with E-state index in [4.69, 9.17) is 13.7 Å². The lowest BCUT2D eigenvalue weighted by molar-refractivity contribution is -0.0343. The zero-order valence-corrected chi connectivity index (χ0v) is 20.8. The van der Waals surface area contributed by atoms with Crippen LogP contribution in [-0.4, -0.2) is 46.7 Å². The second kappa shape index (κ2) is 9.95. The number of nitrogens with zero attached hydrogens (tertiary/aromatic N) is 3. The van der Waals surface area contributed by atoms with Crippen molar-refractivity contribution in [1.82, 2.24) is 20.4 Å². The number of benzene rings is 2. The molecule has 1 aliphatic heterocycles. The van der Waals surface area contributed by atoms with Crippen LogP contribution >= 0.6 is 0 Å². The fraction of sp³-hybridized carbons (Fsp3) is 0.345. The summed E-state index contributed by atoms with van der Waals surface area (Å²) in [5.74, 6) is 1.31. The quantitative estimate of drug-likeness (QED) is 0.393. The Morgan fingerprint density at radius 1 is 1.08 bits per heavy atom. The maximum atomic E-state index is 13.0. The summed E-state index contributed by atoms with van der Waals surface area (Å²) in [6.45, 7) is 4.91. The lowest BCUT2D eigenvalue weighted by Gasteiger charge is -2.44. The second-order valence-electron chi connectivity index (χ2n) is 9.70. The second-order valence-corrected chi connectivity index (χ2v) is 9.70. The lowest BCUT2D eigenvalue weighted by atomic mass is 9.72. The predicted octanol–water partition coefficient (Wildman–Crippen LogP) is 4.75. The number of aromatic nitrogens is 2. The minimum atomic E-state index is -0.246. The highest BCUT2D eigenvalue weighted by molar-refractivity contribution is 5.91. The van der Waals surface area contributed by atoms with Gasteiger partial charge >= 0.3 is 0 Å². The number of hydrogen-bond acceptors (Lipinski definition) is 7. The van der Waals surface area contributed by atoms with Gasteiger partial charge in [-0.25, -0.2) is 0 Å². The molecule has 0 unspecified atom stereocenters. The molecule has 1 aliphatic carbocycles. The third-order valence-electron chi connectivity index (χ3n) is 7.66. The van der Waals surface area contributed by atoms with Gasteiger partial charge in [0.05, 0.1) is 25.0 Å². The van der Waals surface area contributed by atoms with E-state index in [0.29, 0.717) is 30.6 Å². The maximum Gasteiger partial charge on any atom is 0.287 e. The molecule has 2 atom stereocenters. The number of nitrogens with one attached hydrogen (secondary N) is 1. The molecular formula is C29H30N4O4. The molecule has 0 saturated carbocycles. The van der Waals surface area contributed by atoms with Crippen molar-refractivity contribution in [3.63, 3.8) is 0 Å². The maximum absolute atomic E-state index is 13.0. The van der Waals surface area contributed by atoms with Crippen LogP contribution in [0.4, 0.5) is 0 Å². The van der Waals surface area contributed by atoms with Gasteiger partial charge in [0.15, 0.2) is 5.76 Å². The summed E-state index contributed by atoms with van der Waals surface area (Å²) in [7, 11) is 0. The van der Waals surface area contributed by atoms with E-state index < -0.39 is 0 Å². The van der Waals surface area contributed by atoms with Gasteiger partial charge < -0.3 is 19.0 Å². The highest BCUT2D eigenvalue weighted by Gasteiger charge is 2.54. The standard InChI is InChI=1S/C29H30N4O4/c1-2-35-26-25(31-28(34)23-13-8-18-36-23)21-11-6-7-12-22(21)29(26)14-16-33(17-15-29)19-24-30-27(32-37-24)20-9-4-3-5-10-20/h3-13,18,25-26H,2,14-17,19H2,1H3,(H,31,34)/t25-,26+/m0/s1. The first kappa shape index (κ1) is 23.6. The SMILES string of the molecule is CCO[C@@H]1[C@@H](NC(=O)c2ccco2)c2ccccc2C12CCN(Cc1nc(-c3ccccc3)no1)CC2. The van der Waals surface area contributed by atoms with Gasteiger partial charge in [0, 0.05) is 17.6 Å². The van der Waals surface area contributed by atoms with Gasteiger partial charge in [-0.15, -0.1) is 0 Å². The molecule has 1 spiro atoms. The molecule has 37 heavy (non-hydrogen) atoms. The van der Waals surface area contributed by atoms with Crippen LogP contribution in [0, 0.1) is 0 Å². The van der Waals surface area contributed by atoms with Gasteiger partial charge in [0.2, 0.25) is 11.7 Å². The molecular weight excluding hydrogens is 468 g/mol. The highest BCUT2D eigenvalue weighted by atomic mass is 16.5. The van der Waals surface area contributed by atoms with E-state index in [1.807, 2.05) is 43.3 Å². The average molecular weight is 499 g/mol. The summed E-state index contributed by atoms with van der Waals surface area (Å²) in [5, 5.41) is 7.38. The molecule has 4 aromatic rings. The third-order valence-corrected chi connectivity index (χ3v) is 7.66. The van der Waals surface area contributed by atoms with E-state index in [2.05, 4.69) is 38.6 Å². The van der Waals surface area contributed by atoms with Crippen LogP contribution in [0.2, 0.25) is 0 Å². The van der Waals surface area contributed by atoms with Crippen molar-refractivity contribution in [1.29, 1.82) is 0 Å². The van der Waals surface area contributed by atoms with Gasteiger partial charge in [-0.05, 0) is 56.1 Å². The van der Waals surface area contributed by atoms with E-state index in [1.165, 1.54) is 11.8 Å².